The molecule has 8 nitrogen and oxygen atoms in total. The Kier molecular flexibility index (Phi) is 6.82. The van der Waals surface area contributed by atoms with E-state index in [1.54, 1.807) is 0 Å². The predicted molar refractivity (Wildman–Crippen MR) is 148 cm³/mol. The van der Waals surface area contributed by atoms with Crippen molar-refractivity contribution in [3.05, 3.63) is 56.8 Å². The SMILES string of the molecule is COC(=O)c1c(NC(=O)c2sc3nc(N)c(C#N)c(-c4ccccc4)c3c2N)sc2c1CCCCCC2. The summed E-state index contributed by atoms with van der Waals surface area (Å²) < 4.78 is 5.08. The maximum Gasteiger partial charge on any atom is 0.341 e. The molecule has 1 aromatic carbocycles. The van der Waals surface area contributed by atoms with Crippen LogP contribution in [0.3, 0.4) is 0 Å². The van der Waals surface area contributed by atoms with Crippen molar-refractivity contribution in [2.24, 2.45) is 0 Å². The van der Waals surface area contributed by atoms with Crippen LogP contribution in [0.5, 0.6) is 0 Å². The van der Waals surface area contributed by atoms with Crippen LogP contribution in [-0.4, -0.2) is 24.0 Å². The smallest absolute Gasteiger partial charge is 0.341 e. The van der Waals surface area contributed by atoms with Crippen LogP contribution in [0.15, 0.2) is 30.3 Å². The summed E-state index contributed by atoms with van der Waals surface area (Å²) in [6.45, 7) is 0. The third-order valence-electron chi connectivity index (χ3n) is 6.57. The van der Waals surface area contributed by atoms with E-state index in [4.69, 9.17) is 16.2 Å². The van der Waals surface area contributed by atoms with Crippen LogP contribution < -0.4 is 16.8 Å². The normalized spacial score (nSPS) is 13.3. The molecule has 3 heterocycles. The number of ether oxygens (including phenoxy) is 1. The van der Waals surface area contributed by atoms with E-state index in [-0.39, 0.29) is 21.9 Å². The number of thiophene rings is 2. The van der Waals surface area contributed by atoms with Crippen molar-refractivity contribution < 1.29 is 14.3 Å². The average Bonchev–Trinajstić information content (AvgIpc) is 3.39. The molecule has 4 aromatic rings. The van der Waals surface area contributed by atoms with Gasteiger partial charge in [-0.3, -0.25) is 4.79 Å². The fourth-order valence-electron chi connectivity index (χ4n) is 4.83. The number of anilines is 3. The molecule has 1 aliphatic rings. The van der Waals surface area contributed by atoms with Gasteiger partial charge in [-0.2, -0.15) is 5.26 Å². The monoisotopic (exact) mass is 531 g/mol. The fraction of sp³-hybridized carbons (Fsp3) is 0.259. The first-order valence-electron chi connectivity index (χ1n) is 12.0. The Hall–Kier alpha value is -3.94. The maximum atomic E-state index is 13.6. The first kappa shape index (κ1) is 24.7. The highest BCUT2D eigenvalue weighted by atomic mass is 32.1. The lowest BCUT2D eigenvalue weighted by Gasteiger charge is -2.11. The number of carbonyl (C=O) groups is 2. The summed E-state index contributed by atoms with van der Waals surface area (Å²) >= 11 is 2.53. The second-order valence-electron chi connectivity index (χ2n) is 8.82. The van der Waals surface area contributed by atoms with Crippen LogP contribution in [0, 0.1) is 11.3 Å². The van der Waals surface area contributed by atoms with Crippen LogP contribution >= 0.6 is 22.7 Å². The van der Waals surface area contributed by atoms with Crippen molar-refractivity contribution in [2.45, 2.75) is 38.5 Å². The number of nitrogens with zero attached hydrogens (tertiary/aromatic N) is 2. The van der Waals surface area contributed by atoms with Crippen molar-refractivity contribution in [1.82, 2.24) is 4.98 Å². The van der Waals surface area contributed by atoms with E-state index >= 15 is 0 Å². The molecule has 0 saturated carbocycles. The second-order valence-corrected chi connectivity index (χ2v) is 10.9. The van der Waals surface area contributed by atoms with Crippen LogP contribution in [0.25, 0.3) is 21.3 Å². The molecule has 1 aliphatic carbocycles. The molecular formula is C27H25N5O3S2. The number of hydrogen-bond acceptors (Lipinski definition) is 9. The van der Waals surface area contributed by atoms with Gasteiger partial charge in [-0.05, 0) is 36.8 Å². The van der Waals surface area contributed by atoms with Crippen molar-refractivity contribution >= 4 is 61.3 Å². The third kappa shape index (κ3) is 4.41. The number of aromatic nitrogens is 1. The average molecular weight is 532 g/mol. The Labute approximate surface area is 221 Å². The van der Waals surface area contributed by atoms with E-state index in [2.05, 4.69) is 16.4 Å². The van der Waals surface area contributed by atoms with E-state index in [0.29, 0.717) is 26.3 Å². The summed E-state index contributed by atoms with van der Waals surface area (Å²) in [5, 5.41) is 13.7. The topological polar surface area (TPSA) is 144 Å². The lowest BCUT2D eigenvalue weighted by atomic mass is 9.96. The van der Waals surface area contributed by atoms with E-state index < -0.39 is 11.9 Å². The number of fused-ring (bicyclic) bond motifs is 2. The molecule has 0 atom stereocenters. The lowest BCUT2D eigenvalue weighted by molar-refractivity contribution is 0.0601. The Morgan fingerprint density at radius 3 is 2.51 bits per heavy atom. The summed E-state index contributed by atoms with van der Waals surface area (Å²) in [5.74, 6) is -0.832. The Balaban J connectivity index is 1.61. The van der Waals surface area contributed by atoms with Gasteiger partial charge < -0.3 is 21.5 Å². The van der Waals surface area contributed by atoms with Gasteiger partial charge in [0.05, 0.1) is 18.4 Å². The van der Waals surface area contributed by atoms with Crippen molar-refractivity contribution in [3.63, 3.8) is 0 Å². The lowest BCUT2D eigenvalue weighted by Crippen LogP contribution is -2.15. The summed E-state index contributed by atoms with van der Waals surface area (Å²) in [6, 6.07) is 11.4. The fourth-order valence-corrected chi connectivity index (χ4v) is 7.11. The zero-order valence-corrected chi connectivity index (χ0v) is 21.9. The number of nitrogens with one attached hydrogen (secondary N) is 1. The van der Waals surface area contributed by atoms with E-state index in [0.717, 1.165) is 65.9 Å². The third-order valence-corrected chi connectivity index (χ3v) is 8.88. The summed E-state index contributed by atoms with van der Waals surface area (Å²) in [6.07, 6.45) is 5.93. The first-order chi connectivity index (χ1) is 17.9. The number of amides is 1. The molecule has 1 amide bonds. The molecule has 0 fully saturated rings. The van der Waals surface area contributed by atoms with Gasteiger partial charge in [0.15, 0.2) is 0 Å². The molecular weight excluding hydrogens is 506 g/mol. The molecule has 0 unspecified atom stereocenters. The predicted octanol–water partition coefficient (Wildman–Crippen LogP) is 5.76. The number of nitrogen functional groups attached to an aromatic ring is 2. The number of pyridine rings is 1. The van der Waals surface area contributed by atoms with Gasteiger partial charge in [-0.15, -0.1) is 22.7 Å². The summed E-state index contributed by atoms with van der Waals surface area (Å²) in [5.41, 5.74) is 15.8. The van der Waals surface area contributed by atoms with Crippen molar-refractivity contribution in [3.8, 4) is 17.2 Å². The van der Waals surface area contributed by atoms with Gasteiger partial charge in [0.25, 0.3) is 5.91 Å². The van der Waals surface area contributed by atoms with Gasteiger partial charge in [-0.1, -0.05) is 43.2 Å². The maximum absolute atomic E-state index is 13.6. The number of hydrogen-bond donors (Lipinski definition) is 3. The number of aryl methyl sites for hydroxylation is 1. The minimum Gasteiger partial charge on any atom is -0.465 e. The van der Waals surface area contributed by atoms with E-state index in [9.17, 15) is 14.9 Å². The number of nitriles is 1. The van der Waals surface area contributed by atoms with Gasteiger partial charge in [0.2, 0.25) is 0 Å². The zero-order chi connectivity index (χ0) is 26.1. The van der Waals surface area contributed by atoms with Gasteiger partial charge in [-0.25, -0.2) is 9.78 Å². The molecule has 0 saturated heterocycles. The number of rotatable bonds is 4. The van der Waals surface area contributed by atoms with Crippen LogP contribution in [0.4, 0.5) is 16.5 Å². The largest absolute Gasteiger partial charge is 0.465 e. The van der Waals surface area contributed by atoms with Crippen LogP contribution in [0.1, 0.15) is 61.7 Å². The Bertz CT molecular complexity index is 1570. The number of carbonyl (C=O) groups excluding carboxylic acids is 2. The van der Waals surface area contributed by atoms with Gasteiger partial charge in [0, 0.05) is 15.8 Å². The highest BCUT2D eigenvalue weighted by molar-refractivity contribution is 7.21. The highest BCUT2D eigenvalue weighted by Gasteiger charge is 2.29. The van der Waals surface area contributed by atoms with E-state index in [1.807, 2.05) is 30.3 Å². The quantitative estimate of drug-likeness (QED) is 0.284. The molecule has 0 aliphatic heterocycles. The molecule has 0 bridgehead atoms. The first-order valence-corrected chi connectivity index (χ1v) is 13.6. The minimum absolute atomic E-state index is 0.0769. The highest BCUT2D eigenvalue weighted by Crippen LogP contribution is 2.43. The summed E-state index contributed by atoms with van der Waals surface area (Å²) in [7, 11) is 1.35. The number of methoxy groups -OCH3 is 1. The number of esters is 1. The zero-order valence-electron chi connectivity index (χ0n) is 20.2. The molecule has 10 heteroatoms. The number of benzene rings is 1. The standard InChI is InChI=1S/C27H25N5O3S2/c1-35-27(34)19-15-11-7-2-3-8-12-17(15)36-25(19)32-24(33)22-21(29)20-18(14-9-5-4-6-10-14)16(13-28)23(30)31-26(20)37-22/h4-6,9-10H,2-3,7-8,11-12,29H2,1H3,(H2,30,31)(H,32,33). The van der Waals surface area contributed by atoms with E-state index in [1.165, 1.54) is 18.4 Å². The second kappa shape index (κ2) is 10.2. The molecule has 37 heavy (non-hydrogen) atoms. The van der Waals surface area contributed by atoms with Crippen molar-refractivity contribution in [2.75, 3.05) is 23.9 Å². The van der Waals surface area contributed by atoms with Gasteiger partial charge in [0.1, 0.15) is 32.2 Å². The molecule has 5 N–H and O–H groups in total. The molecule has 0 spiro atoms. The molecule has 0 radical (unpaired) electrons. The summed E-state index contributed by atoms with van der Waals surface area (Å²) in [4.78, 5) is 32.5. The molecule has 3 aromatic heterocycles. The molecule has 5 rings (SSSR count). The van der Waals surface area contributed by atoms with Crippen LogP contribution in [0.2, 0.25) is 0 Å². The molecule has 188 valence electrons. The Morgan fingerprint density at radius 1 is 1.08 bits per heavy atom. The number of nitrogens with two attached hydrogens (primary N) is 2. The minimum atomic E-state index is -0.461. The van der Waals surface area contributed by atoms with Gasteiger partial charge >= 0.3 is 5.97 Å². The van der Waals surface area contributed by atoms with Crippen molar-refractivity contribution in [1.29, 1.82) is 5.26 Å². The Morgan fingerprint density at radius 2 is 1.81 bits per heavy atom. The van der Waals surface area contributed by atoms with Crippen LogP contribution in [-0.2, 0) is 17.6 Å².